The van der Waals surface area contributed by atoms with Gasteiger partial charge < -0.3 is 9.47 Å². The van der Waals surface area contributed by atoms with Crippen LogP contribution in [0.4, 0.5) is 0 Å². The summed E-state index contributed by atoms with van der Waals surface area (Å²) in [5.41, 5.74) is 1.09. The minimum absolute atomic E-state index is 0.0650. The van der Waals surface area contributed by atoms with E-state index in [1.165, 1.54) is 0 Å². The minimum atomic E-state index is -0.0650. The zero-order valence-corrected chi connectivity index (χ0v) is 11.0. The van der Waals surface area contributed by atoms with E-state index >= 15 is 0 Å². The fraction of sp³-hybridized carbons (Fsp3) is 0.533. The number of rotatable bonds is 6. The van der Waals surface area contributed by atoms with Crippen LogP contribution in [0, 0.1) is 5.41 Å². The second kappa shape index (κ2) is 7.19. The van der Waals surface area contributed by atoms with Crippen LogP contribution in [0.3, 0.4) is 0 Å². The predicted octanol–water partition coefficient (Wildman–Crippen LogP) is 2.34. The summed E-state index contributed by atoms with van der Waals surface area (Å²) < 4.78 is 11.2. The Hall–Kier alpha value is -1.48. The Kier molecular flexibility index (Phi) is 5.28. The van der Waals surface area contributed by atoms with Crippen LogP contribution in [0.1, 0.15) is 18.4 Å². The molecular formula is C15H19NO3. The second-order valence-electron chi connectivity index (χ2n) is 5.00. The Morgan fingerprint density at radius 2 is 2.00 bits per heavy atom. The van der Waals surface area contributed by atoms with Crippen molar-refractivity contribution in [2.75, 3.05) is 26.4 Å². The standard InChI is InChI=1S/C15H19NO3/c17-13-16-11-15(6-8-18-9-7-15)12-19-10-14-4-2-1-3-5-14/h1-5H,6-12H2. The third kappa shape index (κ3) is 4.28. The number of hydrogen-bond acceptors (Lipinski definition) is 4. The Morgan fingerprint density at radius 3 is 2.68 bits per heavy atom. The van der Waals surface area contributed by atoms with Gasteiger partial charge in [0.15, 0.2) is 0 Å². The summed E-state index contributed by atoms with van der Waals surface area (Å²) in [5.74, 6) is 0. The van der Waals surface area contributed by atoms with Crippen molar-refractivity contribution in [2.24, 2.45) is 10.4 Å². The maximum atomic E-state index is 10.3. The summed E-state index contributed by atoms with van der Waals surface area (Å²) in [5, 5.41) is 0. The van der Waals surface area contributed by atoms with E-state index in [4.69, 9.17) is 9.47 Å². The maximum absolute atomic E-state index is 10.3. The smallest absolute Gasteiger partial charge is 0.234 e. The van der Waals surface area contributed by atoms with Crippen molar-refractivity contribution >= 4 is 6.08 Å². The molecule has 4 heteroatoms. The number of carbonyl (C=O) groups excluding carboxylic acids is 1. The fourth-order valence-electron chi connectivity index (χ4n) is 2.31. The highest BCUT2D eigenvalue weighted by atomic mass is 16.5. The van der Waals surface area contributed by atoms with Gasteiger partial charge in [-0.05, 0) is 18.4 Å². The third-order valence-corrected chi connectivity index (χ3v) is 3.55. The van der Waals surface area contributed by atoms with Crippen LogP contribution in [-0.2, 0) is 20.9 Å². The first-order valence-electron chi connectivity index (χ1n) is 6.58. The average Bonchev–Trinajstić information content (AvgIpc) is 2.47. The molecule has 102 valence electrons. The van der Waals surface area contributed by atoms with E-state index < -0.39 is 0 Å². The van der Waals surface area contributed by atoms with E-state index in [0.717, 1.165) is 18.4 Å². The van der Waals surface area contributed by atoms with Crippen LogP contribution >= 0.6 is 0 Å². The van der Waals surface area contributed by atoms with Crippen LogP contribution in [0.25, 0.3) is 0 Å². The lowest BCUT2D eigenvalue weighted by Gasteiger charge is -2.35. The van der Waals surface area contributed by atoms with Crippen molar-refractivity contribution in [3.63, 3.8) is 0 Å². The van der Waals surface area contributed by atoms with E-state index in [1.54, 1.807) is 6.08 Å². The van der Waals surface area contributed by atoms with Crippen molar-refractivity contribution in [2.45, 2.75) is 19.4 Å². The molecule has 4 nitrogen and oxygen atoms in total. The van der Waals surface area contributed by atoms with Gasteiger partial charge in [0.2, 0.25) is 6.08 Å². The van der Waals surface area contributed by atoms with Crippen LogP contribution in [0.15, 0.2) is 35.3 Å². The van der Waals surface area contributed by atoms with E-state index in [-0.39, 0.29) is 5.41 Å². The highest BCUT2D eigenvalue weighted by Crippen LogP contribution is 2.31. The van der Waals surface area contributed by atoms with E-state index in [1.807, 2.05) is 30.3 Å². The molecule has 0 N–H and O–H groups in total. The molecule has 0 spiro atoms. The van der Waals surface area contributed by atoms with Gasteiger partial charge in [-0.25, -0.2) is 9.79 Å². The van der Waals surface area contributed by atoms with Gasteiger partial charge >= 0.3 is 0 Å². The predicted molar refractivity (Wildman–Crippen MR) is 71.6 cm³/mol. The van der Waals surface area contributed by atoms with Crippen molar-refractivity contribution in [3.8, 4) is 0 Å². The largest absolute Gasteiger partial charge is 0.381 e. The monoisotopic (exact) mass is 261 g/mol. The van der Waals surface area contributed by atoms with Crippen molar-refractivity contribution < 1.29 is 14.3 Å². The highest BCUT2D eigenvalue weighted by molar-refractivity contribution is 5.33. The first-order valence-corrected chi connectivity index (χ1v) is 6.58. The molecule has 2 rings (SSSR count). The number of isocyanates is 1. The fourth-order valence-corrected chi connectivity index (χ4v) is 2.31. The van der Waals surface area contributed by atoms with Gasteiger partial charge in [0, 0.05) is 18.6 Å². The molecule has 19 heavy (non-hydrogen) atoms. The van der Waals surface area contributed by atoms with Crippen molar-refractivity contribution in [1.82, 2.24) is 0 Å². The SMILES string of the molecule is O=C=NCC1(COCc2ccccc2)CCOCC1. The van der Waals surface area contributed by atoms with Crippen molar-refractivity contribution in [3.05, 3.63) is 35.9 Å². The van der Waals surface area contributed by atoms with Crippen LogP contribution in [0.2, 0.25) is 0 Å². The zero-order valence-electron chi connectivity index (χ0n) is 11.0. The third-order valence-electron chi connectivity index (χ3n) is 3.55. The van der Waals surface area contributed by atoms with Gasteiger partial charge in [-0.1, -0.05) is 30.3 Å². The lowest BCUT2D eigenvalue weighted by molar-refractivity contribution is -0.0388. The molecule has 0 aliphatic carbocycles. The Bertz CT molecular complexity index is 420. The first kappa shape index (κ1) is 13.9. The molecule has 1 fully saturated rings. The maximum Gasteiger partial charge on any atom is 0.234 e. The van der Waals surface area contributed by atoms with Crippen LogP contribution in [-0.4, -0.2) is 32.4 Å². The van der Waals surface area contributed by atoms with Gasteiger partial charge in [-0.15, -0.1) is 0 Å². The number of ether oxygens (including phenoxy) is 2. The topological polar surface area (TPSA) is 47.9 Å². The molecular weight excluding hydrogens is 242 g/mol. The molecule has 1 aromatic carbocycles. The van der Waals surface area contributed by atoms with E-state index in [2.05, 4.69) is 4.99 Å². The van der Waals surface area contributed by atoms with E-state index in [0.29, 0.717) is 33.0 Å². The number of nitrogens with zero attached hydrogens (tertiary/aromatic N) is 1. The molecule has 0 aromatic heterocycles. The Labute approximate surface area is 113 Å². The molecule has 1 aliphatic rings. The molecule has 0 atom stereocenters. The van der Waals surface area contributed by atoms with Gasteiger partial charge in [0.1, 0.15) is 0 Å². The number of hydrogen-bond donors (Lipinski definition) is 0. The zero-order chi connectivity index (χ0) is 13.4. The highest BCUT2D eigenvalue weighted by Gasteiger charge is 2.32. The number of aliphatic imine (C=N–C) groups is 1. The minimum Gasteiger partial charge on any atom is -0.381 e. The first-order chi connectivity index (χ1) is 9.35. The Morgan fingerprint density at radius 1 is 1.26 bits per heavy atom. The molecule has 1 aromatic rings. The molecule has 0 saturated carbocycles. The molecule has 0 bridgehead atoms. The Balaban J connectivity index is 1.87. The summed E-state index contributed by atoms with van der Waals surface area (Å²) in [7, 11) is 0. The molecule has 0 radical (unpaired) electrons. The molecule has 1 saturated heterocycles. The van der Waals surface area contributed by atoms with Gasteiger partial charge in [0.25, 0.3) is 0 Å². The number of benzene rings is 1. The summed E-state index contributed by atoms with van der Waals surface area (Å²) in [6.07, 6.45) is 3.39. The summed E-state index contributed by atoms with van der Waals surface area (Å²) in [6.45, 7) is 3.10. The summed E-state index contributed by atoms with van der Waals surface area (Å²) in [6, 6.07) is 10.1. The van der Waals surface area contributed by atoms with E-state index in [9.17, 15) is 4.79 Å². The second-order valence-corrected chi connectivity index (χ2v) is 5.00. The normalized spacial score (nSPS) is 17.7. The lowest BCUT2D eigenvalue weighted by Crippen LogP contribution is -2.36. The molecule has 1 aliphatic heterocycles. The van der Waals surface area contributed by atoms with Gasteiger partial charge in [-0.2, -0.15) is 0 Å². The molecule has 1 heterocycles. The lowest BCUT2D eigenvalue weighted by atomic mass is 9.81. The van der Waals surface area contributed by atoms with Gasteiger partial charge in [-0.3, -0.25) is 0 Å². The quantitative estimate of drug-likeness (QED) is 0.583. The summed E-state index contributed by atoms with van der Waals surface area (Å²) >= 11 is 0. The van der Waals surface area contributed by atoms with Gasteiger partial charge in [0.05, 0.1) is 19.8 Å². The summed E-state index contributed by atoms with van der Waals surface area (Å²) in [4.78, 5) is 14.1. The van der Waals surface area contributed by atoms with Crippen LogP contribution < -0.4 is 0 Å². The molecule has 0 amide bonds. The average molecular weight is 261 g/mol. The van der Waals surface area contributed by atoms with Crippen molar-refractivity contribution in [1.29, 1.82) is 0 Å². The molecule has 0 unspecified atom stereocenters. The van der Waals surface area contributed by atoms with Crippen LogP contribution in [0.5, 0.6) is 0 Å².